The zero-order chi connectivity index (χ0) is 46.7. The third-order valence-electron chi connectivity index (χ3n) is 14.1. The Hall–Kier alpha value is -9.18. The Labute approximate surface area is 406 Å². The van der Waals surface area contributed by atoms with Crippen molar-refractivity contribution in [2.75, 3.05) is 12.0 Å². The van der Waals surface area contributed by atoms with E-state index in [2.05, 4.69) is 236 Å². The van der Waals surface area contributed by atoms with Gasteiger partial charge in [-0.15, -0.1) is 0 Å². The lowest BCUT2D eigenvalue weighted by Crippen LogP contribution is -2.23. The van der Waals surface area contributed by atoms with Crippen LogP contribution in [0.2, 0.25) is 0 Å². The summed E-state index contributed by atoms with van der Waals surface area (Å²) in [6.45, 7) is 4.38. The molecular weight excluding hydrogens is 851 g/mol. The summed E-state index contributed by atoms with van der Waals surface area (Å²) in [4.78, 5) is 2.24. The molecule has 0 spiro atoms. The first-order valence-electron chi connectivity index (χ1n) is 23.8. The zero-order valence-electron chi connectivity index (χ0n) is 38.6. The van der Waals surface area contributed by atoms with Gasteiger partial charge in [0.1, 0.15) is 5.75 Å². The summed E-state index contributed by atoms with van der Waals surface area (Å²) in [5, 5.41) is 14.4. The van der Waals surface area contributed by atoms with Crippen molar-refractivity contribution >= 4 is 82.1 Å². The quantitative estimate of drug-likeness (QED) is 0.142. The van der Waals surface area contributed by atoms with Crippen LogP contribution in [0, 0.1) is 0 Å². The molecule has 0 unspecified atom stereocenters. The van der Waals surface area contributed by atoms with Crippen LogP contribution in [-0.4, -0.2) is 7.11 Å². The highest BCUT2D eigenvalue weighted by molar-refractivity contribution is 6.22. The molecule has 0 atom stereocenters. The molecule has 1 heterocycles. The number of fused-ring (bicyclic) bond motifs is 7. The summed E-state index contributed by atoms with van der Waals surface area (Å²) in [7, 11) is 1.70. The number of hydrogen-bond acceptors (Lipinski definition) is 3. The number of benzene rings is 12. The van der Waals surface area contributed by atoms with E-state index in [9.17, 15) is 0 Å². The predicted octanol–water partition coefficient (Wildman–Crippen LogP) is 18.3. The Morgan fingerprint density at radius 2 is 0.829 bits per heavy atom. The molecule has 12 aromatic carbocycles. The van der Waals surface area contributed by atoms with Crippen LogP contribution in [0.15, 0.2) is 255 Å². The van der Waals surface area contributed by atoms with E-state index in [-0.39, 0.29) is 0 Å². The lowest BCUT2D eigenvalue weighted by atomic mass is 9.85. The number of anilines is 2. The Morgan fingerprint density at radius 3 is 1.30 bits per heavy atom. The summed E-state index contributed by atoms with van der Waals surface area (Å²) < 4.78 is 12.8. The highest BCUT2D eigenvalue weighted by atomic mass is 16.5. The standard InChI is InChI=1S/C67H45NO2/c1-3-61-63(39-37-54-52-20-8-10-22-55(52)65(56-23-11-9-21-53(54)56)47-30-28-43-16-4-6-18-45(43)40-47)70-64-42-49(32-38-62(64)68(61)50-33-35-51(69-2)36-34-50)67-59-26-14-12-24-57(59)66(58-25-13-15-27-60(58)67)48-31-29-44-17-5-7-19-46(44)41-48/h3-42H,1H2,2H3/b39-37+. The van der Waals surface area contributed by atoms with Gasteiger partial charge < -0.3 is 14.4 Å². The van der Waals surface area contributed by atoms with E-state index in [1.165, 1.54) is 76.1 Å². The molecule has 0 amide bonds. The Kier molecular flexibility index (Phi) is 9.88. The Morgan fingerprint density at radius 1 is 0.414 bits per heavy atom. The van der Waals surface area contributed by atoms with E-state index in [1.807, 2.05) is 18.2 Å². The maximum atomic E-state index is 7.19. The lowest BCUT2D eigenvalue weighted by molar-refractivity contribution is 0.415. The minimum Gasteiger partial charge on any atom is -0.497 e. The molecule has 12 aromatic rings. The molecule has 0 bridgehead atoms. The van der Waals surface area contributed by atoms with E-state index in [4.69, 9.17) is 9.47 Å². The van der Waals surface area contributed by atoms with Crippen molar-refractivity contribution in [2.45, 2.75) is 0 Å². The minimum absolute atomic E-state index is 0.684. The van der Waals surface area contributed by atoms with Gasteiger partial charge in [-0.25, -0.2) is 0 Å². The summed E-state index contributed by atoms with van der Waals surface area (Å²) >= 11 is 0. The molecule has 70 heavy (non-hydrogen) atoms. The van der Waals surface area contributed by atoms with E-state index in [1.54, 1.807) is 7.11 Å². The number of rotatable bonds is 8. The first kappa shape index (κ1) is 41.0. The van der Waals surface area contributed by atoms with Gasteiger partial charge >= 0.3 is 0 Å². The van der Waals surface area contributed by atoms with Crippen LogP contribution in [0.5, 0.6) is 11.5 Å². The fraction of sp³-hybridized carbons (Fsp3) is 0.0149. The van der Waals surface area contributed by atoms with Crippen molar-refractivity contribution in [1.29, 1.82) is 0 Å². The molecular formula is C67H45NO2. The van der Waals surface area contributed by atoms with Crippen molar-refractivity contribution in [3.8, 4) is 44.9 Å². The molecule has 0 fully saturated rings. The summed E-state index contributed by atoms with van der Waals surface area (Å²) in [5.41, 5.74) is 10.9. The SMILES string of the molecule is C=CC1=C(/C=C/c2c3ccccc3c(-c3ccc4ccccc4c3)c3ccccc23)Oc2cc(-c3c4ccccc4c(-c4ccc5ccccc5c4)c4ccccc34)ccc2N1c1ccc(OC)cc1. The topological polar surface area (TPSA) is 21.7 Å². The number of nitrogens with zero attached hydrogens (tertiary/aromatic N) is 1. The average molecular weight is 896 g/mol. The van der Waals surface area contributed by atoms with Crippen LogP contribution < -0.4 is 14.4 Å². The van der Waals surface area contributed by atoms with Crippen LogP contribution >= 0.6 is 0 Å². The third kappa shape index (κ3) is 6.74. The third-order valence-corrected chi connectivity index (χ3v) is 14.1. The van der Waals surface area contributed by atoms with Gasteiger partial charge in [0.05, 0.1) is 18.5 Å². The second-order valence-electron chi connectivity index (χ2n) is 17.9. The van der Waals surface area contributed by atoms with Crippen LogP contribution in [0.3, 0.4) is 0 Å². The largest absolute Gasteiger partial charge is 0.497 e. The molecule has 1 aliphatic heterocycles. The highest BCUT2D eigenvalue weighted by Gasteiger charge is 2.28. The molecule has 0 saturated carbocycles. The van der Waals surface area contributed by atoms with Gasteiger partial charge in [-0.3, -0.25) is 0 Å². The lowest BCUT2D eigenvalue weighted by Gasteiger charge is -2.33. The molecule has 330 valence electrons. The molecule has 0 saturated heterocycles. The number of allylic oxidation sites excluding steroid dienone is 2. The monoisotopic (exact) mass is 895 g/mol. The normalized spacial score (nSPS) is 12.7. The van der Waals surface area contributed by atoms with Gasteiger partial charge in [0.15, 0.2) is 11.5 Å². The Bertz CT molecular complexity index is 4050. The van der Waals surface area contributed by atoms with Crippen molar-refractivity contribution in [1.82, 2.24) is 0 Å². The molecule has 0 aromatic heterocycles. The van der Waals surface area contributed by atoms with E-state index >= 15 is 0 Å². The van der Waals surface area contributed by atoms with E-state index < -0.39 is 0 Å². The van der Waals surface area contributed by atoms with Gasteiger partial charge in [0, 0.05) is 5.69 Å². The van der Waals surface area contributed by atoms with Gasteiger partial charge in [-0.1, -0.05) is 183 Å². The van der Waals surface area contributed by atoms with Crippen molar-refractivity contribution < 1.29 is 9.47 Å². The van der Waals surface area contributed by atoms with Crippen molar-refractivity contribution in [3.05, 3.63) is 260 Å². The average Bonchev–Trinajstić information content (AvgIpc) is 3.42. The molecule has 3 heteroatoms. The minimum atomic E-state index is 0.684. The number of methoxy groups -OCH3 is 1. The maximum absolute atomic E-state index is 7.19. The highest BCUT2D eigenvalue weighted by Crippen LogP contribution is 2.49. The second-order valence-corrected chi connectivity index (χ2v) is 17.9. The molecule has 13 rings (SSSR count). The fourth-order valence-electron chi connectivity index (χ4n) is 10.9. The first-order valence-corrected chi connectivity index (χ1v) is 23.8. The van der Waals surface area contributed by atoms with Crippen LogP contribution in [-0.2, 0) is 0 Å². The van der Waals surface area contributed by atoms with Gasteiger partial charge in [0.2, 0.25) is 0 Å². The molecule has 0 aliphatic carbocycles. The van der Waals surface area contributed by atoms with Crippen molar-refractivity contribution in [3.63, 3.8) is 0 Å². The van der Waals surface area contributed by atoms with Crippen LogP contribution in [0.25, 0.3) is 104 Å². The van der Waals surface area contributed by atoms with Gasteiger partial charge in [-0.05, 0) is 170 Å². The number of hydrogen-bond donors (Lipinski definition) is 0. The van der Waals surface area contributed by atoms with Crippen LogP contribution in [0.4, 0.5) is 11.4 Å². The maximum Gasteiger partial charge on any atom is 0.152 e. The summed E-state index contributed by atoms with van der Waals surface area (Å²) in [6, 6.07) is 80.8. The Balaban J connectivity index is 0.989. The fourth-order valence-corrected chi connectivity index (χ4v) is 10.9. The van der Waals surface area contributed by atoms with Crippen molar-refractivity contribution in [2.24, 2.45) is 0 Å². The molecule has 0 radical (unpaired) electrons. The predicted molar refractivity (Wildman–Crippen MR) is 296 cm³/mol. The molecule has 0 N–H and O–H groups in total. The second kappa shape index (κ2) is 16.9. The number of ether oxygens (including phenoxy) is 2. The molecule has 3 nitrogen and oxygen atoms in total. The first-order chi connectivity index (χ1) is 34.6. The zero-order valence-corrected chi connectivity index (χ0v) is 38.6. The smallest absolute Gasteiger partial charge is 0.152 e. The van der Waals surface area contributed by atoms with E-state index in [0.29, 0.717) is 5.76 Å². The van der Waals surface area contributed by atoms with E-state index in [0.717, 1.165) is 56.0 Å². The summed E-state index contributed by atoms with van der Waals surface area (Å²) in [5.74, 6) is 2.21. The molecule has 1 aliphatic rings. The van der Waals surface area contributed by atoms with Gasteiger partial charge in [-0.2, -0.15) is 0 Å². The van der Waals surface area contributed by atoms with Crippen LogP contribution in [0.1, 0.15) is 5.56 Å². The van der Waals surface area contributed by atoms with Gasteiger partial charge in [0.25, 0.3) is 0 Å². The summed E-state index contributed by atoms with van der Waals surface area (Å²) in [6.07, 6.45) is 6.24.